The van der Waals surface area contributed by atoms with E-state index in [-0.39, 0.29) is 55.4 Å². The van der Waals surface area contributed by atoms with Gasteiger partial charge in [-0.1, -0.05) is 12.1 Å². The van der Waals surface area contributed by atoms with E-state index in [0.29, 0.717) is 17.8 Å². The van der Waals surface area contributed by atoms with Crippen LogP contribution in [0.4, 0.5) is 10.2 Å². The monoisotopic (exact) mass is 501 g/mol. The molecule has 3 rings (SSSR count). The third-order valence-corrected chi connectivity index (χ3v) is 4.80. The number of hydrogen-bond acceptors (Lipinski definition) is 5. The summed E-state index contributed by atoms with van der Waals surface area (Å²) in [4.78, 5) is 4.46. The van der Waals surface area contributed by atoms with E-state index in [0.717, 1.165) is 56.0 Å². The van der Waals surface area contributed by atoms with E-state index in [2.05, 4.69) is 33.9 Å². The molecule has 2 aromatic rings. The zero-order valence-corrected chi connectivity index (χ0v) is 20.2. The molecule has 5 nitrogen and oxygen atoms in total. The standard InChI is InChI=1S/C20H28FN5.4ClH/c1-14-8-18(26-20(22)9-14)10-16-12-24-13-19(16)25-7-6-23-11-15-2-4-17(21)5-3-15;;;;/h2-5,8-9,16,19,23-25H,6-7,10-13H2,1H3,(H2,22,26);4*1H/t16-,19-;;;;/m0..../s1. The number of rotatable bonds is 8. The molecule has 0 amide bonds. The number of aryl methyl sites for hydroxylation is 1. The number of nitrogens with two attached hydrogens (primary N) is 1. The molecule has 2 atom stereocenters. The quantitative estimate of drug-likeness (QED) is 0.417. The summed E-state index contributed by atoms with van der Waals surface area (Å²) in [5.41, 5.74) is 9.19. The van der Waals surface area contributed by atoms with Gasteiger partial charge < -0.3 is 21.7 Å². The van der Waals surface area contributed by atoms with E-state index in [1.165, 1.54) is 12.1 Å². The molecule has 1 aromatic carbocycles. The number of halogens is 5. The summed E-state index contributed by atoms with van der Waals surface area (Å²) in [5, 5.41) is 10.5. The Labute approximate surface area is 203 Å². The van der Waals surface area contributed by atoms with Crippen molar-refractivity contribution < 1.29 is 4.39 Å². The molecule has 0 spiro atoms. The van der Waals surface area contributed by atoms with Crippen molar-refractivity contribution in [3.8, 4) is 0 Å². The van der Waals surface area contributed by atoms with Crippen molar-refractivity contribution >= 4 is 55.4 Å². The van der Waals surface area contributed by atoms with Gasteiger partial charge >= 0.3 is 0 Å². The Kier molecular flexibility index (Phi) is 16.6. The first-order valence-electron chi connectivity index (χ1n) is 9.22. The number of nitrogens with one attached hydrogen (secondary N) is 3. The summed E-state index contributed by atoms with van der Waals surface area (Å²) in [7, 11) is 0. The number of aromatic nitrogens is 1. The highest BCUT2D eigenvalue weighted by atomic mass is 35.5. The van der Waals surface area contributed by atoms with Crippen LogP contribution in [0.2, 0.25) is 0 Å². The maximum Gasteiger partial charge on any atom is 0.123 e. The summed E-state index contributed by atoms with van der Waals surface area (Å²) in [6.07, 6.45) is 0.930. The molecule has 1 saturated heterocycles. The molecular weight excluding hydrogens is 471 g/mol. The number of hydrogen-bond donors (Lipinski definition) is 4. The molecule has 0 aliphatic carbocycles. The lowest BCUT2D eigenvalue weighted by Crippen LogP contribution is -2.40. The Morgan fingerprint density at radius 2 is 1.77 bits per heavy atom. The number of pyridine rings is 1. The number of nitrogen functional groups attached to an aromatic ring is 1. The molecular formula is C20H32Cl4FN5. The molecule has 1 aromatic heterocycles. The van der Waals surface area contributed by atoms with Gasteiger partial charge in [-0.3, -0.25) is 0 Å². The van der Waals surface area contributed by atoms with E-state index in [9.17, 15) is 4.39 Å². The fraction of sp³-hybridized carbons (Fsp3) is 0.450. The highest BCUT2D eigenvalue weighted by Crippen LogP contribution is 2.17. The average Bonchev–Trinajstić information content (AvgIpc) is 3.02. The van der Waals surface area contributed by atoms with Crippen LogP contribution in [0.15, 0.2) is 36.4 Å². The zero-order valence-electron chi connectivity index (χ0n) is 16.9. The Morgan fingerprint density at radius 1 is 1.07 bits per heavy atom. The average molecular weight is 503 g/mol. The number of nitrogens with zero attached hydrogens (tertiary/aromatic N) is 1. The first kappa shape index (κ1) is 31.3. The van der Waals surface area contributed by atoms with Crippen LogP contribution < -0.4 is 21.7 Å². The normalized spacial score (nSPS) is 17.1. The van der Waals surface area contributed by atoms with Gasteiger partial charge in [0.15, 0.2) is 0 Å². The second kappa shape index (κ2) is 15.9. The lowest BCUT2D eigenvalue weighted by atomic mass is 9.97. The van der Waals surface area contributed by atoms with Crippen LogP contribution in [-0.4, -0.2) is 37.2 Å². The Bertz CT molecular complexity index is 701. The topological polar surface area (TPSA) is 75.0 Å². The van der Waals surface area contributed by atoms with Gasteiger partial charge in [-0.2, -0.15) is 0 Å². The summed E-state index contributed by atoms with van der Waals surface area (Å²) in [6.45, 7) is 6.54. The second-order valence-electron chi connectivity index (χ2n) is 7.05. The Hall–Kier alpha value is -0.860. The molecule has 0 saturated carbocycles. The minimum atomic E-state index is -0.194. The van der Waals surface area contributed by atoms with Gasteiger partial charge in [0.05, 0.1) is 0 Å². The van der Waals surface area contributed by atoms with E-state index in [1.807, 2.05) is 18.2 Å². The fourth-order valence-corrected chi connectivity index (χ4v) is 3.51. The summed E-state index contributed by atoms with van der Waals surface area (Å²) >= 11 is 0. The lowest BCUT2D eigenvalue weighted by Gasteiger charge is -2.20. The van der Waals surface area contributed by atoms with Crippen LogP contribution in [0, 0.1) is 18.7 Å². The van der Waals surface area contributed by atoms with Gasteiger partial charge in [-0.25, -0.2) is 9.37 Å². The molecule has 2 heterocycles. The highest BCUT2D eigenvalue weighted by Gasteiger charge is 2.26. The van der Waals surface area contributed by atoms with Crippen molar-refractivity contribution in [2.45, 2.75) is 25.9 Å². The van der Waals surface area contributed by atoms with Crippen LogP contribution in [0.1, 0.15) is 16.8 Å². The molecule has 172 valence electrons. The third kappa shape index (κ3) is 9.96. The molecule has 1 aliphatic heterocycles. The second-order valence-corrected chi connectivity index (χ2v) is 7.05. The van der Waals surface area contributed by atoms with Gasteiger partial charge in [0, 0.05) is 37.9 Å². The number of benzene rings is 1. The first-order chi connectivity index (χ1) is 12.6. The first-order valence-corrected chi connectivity index (χ1v) is 9.22. The molecule has 1 fully saturated rings. The van der Waals surface area contributed by atoms with Crippen LogP contribution in [0.3, 0.4) is 0 Å². The van der Waals surface area contributed by atoms with Crippen molar-refractivity contribution in [1.29, 1.82) is 0 Å². The van der Waals surface area contributed by atoms with Crippen molar-refractivity contribution in [3.63, 3.8) is 0 Å². The van der Waals surface area contributed by atoms with Gasteiger partial charge in [0.1, 0.15) is 11.6 Å². The highest BCUT2D eigenvalue weighted by molar-refractivity contribution is 5.86. The van der Waals surface area contributed by atoms with Gasteiger partial charge in [-0.15, -0.1) is 49.6 Å². The van der Waals surface area contributed by atoms with Gasteiger partial charge in [-0.05, 0) is 61.2 Å². The van der Waals surface area contributed by atoms with Crippen molar-refractivity contribution in [3.05, 3.63) is 59.0 Å². The summed E-state index contributed by atoms with van der Waals surface area (Å²) < 4.78 is 12.9. The largest absolute Gasteiger partial charge is 0.384 e. The minimum absolute atomic E-state index is 0. The lowest BCUT2D eigenvalue weighted by molar-refractivity contribution is 0.419. The van der Waals surface area contributed by atoms with E-state index in [4.69, 9.17) is 5.73 Å². The third-order valence-electron chi connectivity index (χ3n) is 4.80. The molecule has 0 unspecified atom stereocenters. The fourth-order valence-electron chi connectivity index (χ4n) is 3.51. The van der Waals surface area contributed by atoms with Crippen LogP contribution in [0.5, 0.6) is 0 Å². The maximum absolute atomic E-state index is 12.9. The number of anilines is 1. The van der Waals surface area contributed by atoms with Crippen LogP contribution in [-0.2, 0) is 13.0 Å². The molecule has 0 bridgehead atoms. The molecule has 1 aliphatic rings. The van der Waals surface area contributed by atoms with E-state index >= 15 is 0 Å². The Morgan fingerprint density at radius 3 is 2.43 bits per heavy atom. The molecule has 0 radical (unpaired) electrons. The van der Waals surface area contributed by atoms with Crippen LogP contribution >= 0.6 is 49.6 Å². The van der Waals surface area contributed by atoms with Crippen molar-refractivity contribution in [2.75, 3.05) is 31.9 Å². The van der Waals surface area contributed by atoms with Gasteiger partial charge in [0.25, 0.3) is 0 Å². The summed E-state index contributed by atoms with van der Waals surface area (Å²) in [5.74, 6) is 0.918. The van der Waals surface area contributed by atoms with Gasteiger partial charge in [0.2, 0.25) is 0 Å². The van der Waals surface area contributed by atoms with Crippen molar-refractivity contribution in [1.82, 2.24) is 20.9 Å². The summed E-state index contributed by atoms with van der Waals surface area (Å²) in [6, 6.07) is 11.1. The predicted molar refractivity (Wildman–Crippen MR) is 132 cm³/mol. The minimum Gasteiger partial charge on any atom is -0.384 e. The zero-order chi connectivity index (χ0) is 18.4. The smallest absolute Gasteiger partial charge is 0.123 e. The molecule has 5 N–H and O–H groups in total. The van der Waals surface area contributed by atoms with Crippen molar-refractivity contribution in [2.24, 2.45) is 5.92 Å². The van der Waals surface area contributed by atoms with Crippen LogP contribution in [0.25, 0.3) is 0 Å². The van der Waals surface area contributed by atoms with E-state index in [1.54, 1.807) is 0 Å². The van der Waals surface area contributed by atoms with E-state index < -0.39 is 0 Å². The maximum atomic E-state index is 12.9. The predicted octanol–water partition coefficient (Wildman–Crippen LogP) is 3.31. The SMILES string of the molecule is Cc1cc(N)nc(C[C@H]2CNC[C@@H]2NCCNCc2ccc(F)cc2)c1.Cl.Cl.Cl.Cl. The molecule has 30 heavy (non-hydrogen) atoms. The Balaban J connectivity index is 0. The molecule has 10 heteroatoms.